The first-order valence-corrected chi connectivity index (χ1v) is 8.26. The molecule has 0 saturated heterocycles. The number of hydrogen-bond donors (Lipinski definition) is 2. The molecule has 5 nitrogen and oxygen atoms in total. The molecule has 1 aliphatic heterocycles. The fourth-order valence-electron chi connectivity index (χ4n) is 2.69. The number of hydrogen-bond acceptors (Lipinski definition) is 3. The molecule has 1 atom stereocenters. The molecule has 0 radical (unpaired) electrons. The van der Waals surface area contributed by atoms with E-state index in [1.165, 1.54) is 5.01 Å². The molecule has 2 aromatic rings. The van der Waals surface area contributed by atoms with Gasteiger partial charge in [-0.25, -0.2) is 15.2 Å². The molecule has 0 fully saturated rings. The minimum Gasteiger partial charge on any atom is -0.272 e. The summed E-state index contributed by atoms with van der Waals surface area (Å²) in [5.74, 6) is 0.0275. The van der Waals surface area contributed by atoms with Crippen LogP contribution in [0, 0.1) is 0 Å². The van der Waals surface area contributed by atoms with Crippen molar-refractivity contribution < 1.29 is 4.79 Å². The number of benzene rings is 2. The number of carbonyl (C=O) groups excluding carboxylic acids is 1. The van der Waals surface area contributed by atoms with Gasteiger partial charge in [0.1, 0.15) is 0 Å². The van der Waals surface area contributed by atoms with Gasteiger partial charge in [-0.3, -0.25) is 5.43 Å². The minimum atomic E-state index is -0.262. The summed E-state index contributed by atoms with van der Waals surface area (Å²) in [5, 5.41) is 6.69. The largest absolute Gasteiger partial charge is 0.352 e. The second-order valence-electron chi connectivity index (χ2n) is 5.50. The summed E-state index contributed by atoms with van der Waals surface area (Å²) >= 11 is 5.99. The molecule has 24 heavy (non-hydrogen) atoms. The van der Waals surface area contributed by atoms with Crippen molar-refractivity contribution in [3.63, 3.8) is 0 Å². The molecule has 2 amide bonds. The van der Waals surface area contributed by atoms with E-state index < -0.39 is 0 Å². The number of nitrogens with one attached hydrogen (secondary N) is 2. The highest BCUT2D eigenvalue weighted by Gasteiger charge is 2.32. The van der Waals surface area contributed by atoms with Gasteiger partial charge in [-0.15, -0.1) is 0 Å². The van der Waals surface area contributed by atoms with Gasteiger partial charge < -0.3 is 0 Å². The molecule has 2 N–H and O–H groups in total. The molecule has 0 aromatic heterocycles. The Balaban J connectivity index is 1.92. The number of hydrazone groups is 1. The first-order chi connectivity index (χ1) is 11.7. The van der Waals surface area contributed by atoms with E-state index >= 15 is 0 Å². The molecular formula is C18H19ClN4O. The Bertz CT molecular complexity index is 730. The monoisotopic (exact) mass is 342 g/mol. The van der Waals surface area contributed by atoms with Gasteiger partial charge in [0.15, 0.2) is 0 Å². The minimum absolute atomic E-state index is 0.0275. The molecule has 1 unspecified atom stereocenters. The number of rotatable bonds is 4. The van der Waals surface area contributed by atoms with Crippen LogP contribution in [0.3, 0.4) is 0 Å². The van der Waals surface area contributed by atoms with Crippen molar-refractivity contribution in [1.82, 2.24) is 15.9 Å². The molecule has 6 heteroatoms. The van der Waals surface area contributed by atoms with Crippen LogP contribution in [0.2, 0.25) is 5.02 Å². The van der Waals surface area contributed by atoms with E-state index in [2.05, 4.69) is 28.1 Å². The molecule has 124 valence electrons. The summed E-state index contributed by atoms with van der Waals surface area (Å²) in [5.41, 5.74) is 8.41. The third kappa shape index (κ3) is 3.58. The van der Waals surface area contributed by atoms with E-state index in [1.807, 2.05) is 49.4 Å². The lowest BCUT2D eigenvalue weighted by molar-refractivity contribution is 0.199. The fraction of sp³-hybridized carbons (Fsp3) is 0.222. The quantitative estimate of drug-likeness (QED) is 0.837. The van der Waals surface area contributed by atoms with Crippen molar-refractivity contribution in [1.29, 1.82) is 0 Å². The molecule has 0 aliphatic carbocycles. The molecule has 3 rings (SSSR count). The summed E-state index contributed by atoms with van der Waals surface area (Å²) in [6.45, 7) is 3.06. The Labute approximate surface area is 146 Å². The Hall–Kier alpha value is -2.37. The zero-order valence-electron chi connectivity index (χ0n) is 13.4. The van der Waals surface area contributed by atoms with E-state index in [0.29, 0.717) is 18.1 Å². The maximum atomic E-state index is 12.2. The number of nitrogens with zero attached hydrogens (tertiary/aromatic N) is 2. The Morgan fingerprint density at radius 2 is 1.92 bits per heavy atom. The lowest BCUT2D eigenvalue weighted by Gasteiger charge is -2.15. The highest BCUT2D eigenvalue weighted by atomic mass is 35.5. The summed E-state index contributed by atoms with van der Waals surface area (Å²) in [6, 6.07) is 17.4. The molecule has 0 saturated carbocycles. The van der Waals surface area contributed by atoms with Gasteiger partial charge in [-0.05, 0) is 23.3 Å². The predicted molar refractivity (Wildman–Crippen MR) is 96.1 cm³/mol. The third-order valence-corrected chi connectivity index (χ3v) is 4.11. The van der Waals surface area contributed by atoms with Crippen molar-refractivity contribution in [2.75, 3.05) is 13.1 Å². The van der Waals surface area contributed by atoms with Gasteiger partial charge in [0.05, 0.1) is 12.3 Å². The van der Waals surface area contributed by atoms with Crippen LogP contribution in [0.15, 0.2) is 59.7 Å². The SMILES string of the molecule is CCNNC(=O)N1CC(c2ccccc2)C(c2ccc(Cl)cc2)=N1. The summed E-state index contributed by atoms with van der Waals surface area (Å²) < 4.78 is 0. The van der Waals surface area contributed by atoms with E-state index in [0.717, 1.165) is 16.8 Å². The molecule has 1 heterocycles. The normalized spacial score (nSPS) is 16.8. The number of hydrazine groups is 1. The Morgan fingerprint density at radius 1 is 1.21 bits per heavy atom. The maximum absolute atomic E-state index is 12.2. The smallest absolute Gasteiger partial charge is 0.272 e. The molecule has 0 spiro atoms. The predicted octanol–water partition coefficient (Wildman–Crippen LogP) is 3.38. The van der Waals surface area contributed by atoms with Gasteiger partial charge in [0.2, 0.25) is 0 Å². The number of urea groups is 1. The van der Waals surface area contributed by atoms with Crippen molar-refractivity contribution >= 4 is 23.3 Å². The highest BCUT2D eigenvalue weighted by Crippen LogP contribution is 2.29. The molecular weight excluding hydrogens is 324 g/mol. The lowest BCUT2D eigenvalue weighted by Crippen LogP contribution is -2.44. The van der Waals surface area contributed by atoms with E-state index in [9.17, 15) is 4.79 Å². The van der Waals surface area contributed by atoms with Crippen LogP contribution in [0.1, 0.15) is 24.0 Å². The first kappa shape index (κ1) is 16.5. The average Bonchev–Trinajstić information content (AvgIpc) is 3.06. The average molecular weight is 343 g/mol. The number of carbonyl (C=O) groups is 1. The highest BCUT2D eigenvalue weighted by molar-refractivity contribution is 6.30. The van der Waals surface area contributed by atoms with Gasteiger partial charge >= 0.3 is 6.03 Å². The molecule has 1 aliphatic rings. The second-order valence-corrected chi connectivity index (χ2v) is 5.93. The van der Waals surface area contributed by atoms with Gasteiger partial charge in [0, 0.05) is 17.5 Å². The number of amides is 2. The first-order valence-electron chi connectivity index (χ1n) is 7.88. The van der Waals surface area contributed by atoms with Crippen molar-refractivity contribution in [2.24, 2.45) is 5.10 Å². The number of halogens is 1. The maximum Gasteiger partial charge on any atom is 0.352 e. The van der Waals surface area contributed by atoms with Crippen molar-refractivity contribution in [3.8, 4) is 0 Å². The van der Waals surface area contributed by atoms with Crippen LogP contribution in [0.4, 0.5) is 4.79 Å². The summed E-state index contributed by atoms with van der Waals surface area (Å²) in [7, 11) is 0. The van der Waals surface area contributed by atoms with Crippen LogP contribution in [-0.4, -0.2) is 29.8 Å². The van der Waals surface area contributed by atoms with Crippen LogP contribution < -0.4 is 10.9 Å². The van der Waals surface area contributed by atoms with Crippen molar-refractivity contribution in [2.45, 2.75) is 12.8 Å². The molecule has 0 bridgehead atoms. The van der Waals surface area contributed by atoms with E-state index in [-0.39, 0.29) is 11.9 Å². The Morgan fingerprint density at radius 3 is 2.58 bits per heavy atom. The van der Waals surface area contributed by atoms with Gasteiger partial charge in [0.25, 0.3) is 0 Å². The van der Waals surface area contributed by atoms with Crippen LogP contribution >= 0.6 is 11.6 Å². The fourth-order valence-corrected chi connectivity index (χ4v) is 2.81. The third-order valence-electron chi connectivity index (χ3n) is 3.86. The zero-order chi connectivity index (χ0) is 16.9. The molecule has 2 aromatic carbocycles. The van der Waals surface area contributed by atoms with Crippen molar-refractivity contribution in [3.05, 3.63) is 70.7 Å². The van der Waals surface area contributed by atoms with E-state index in [1.54, 1.807) is 0 Å². The van der Waals surface area contributed by atoms with Crippen LogP contribution in [-0.2, 0) is 0 Å². The summed E-state index contributed by atoms with van der Waals surface area (Å²) in [6.07, 6.45) is 0. The van der Waals surface area contributed by atoms with Crippen LogP contribution in [0.5, 0.6) is 0 Å². The van der Waals surface area contributed by atoms with Gasteiger partial charge in [-0.2, -0.15) is 5.10 Å². The van der Waals surface area contributed by atoms with Crippen LogP contribution in [0.25, 0.3) is 0 Å². The zero-order valence-corrected chi connectivity index (χ0v) is 14.1. The Kier molecular flexibility index (Phi) is 5.13. The van der Waals surface area contributed by atoms with Gasteiger partial charge in [-0.1, -0.05) is 61.0 Å². The standard InChI is InChI=1S/C18H19ClN4O/c1-2-20-21-18(24)23-12-16(13-6-4-3-5-7-13)17(22-23)14-8-10-15(19)11-9-14/h3-11,16,20H,2,12H2,1H3,(H,21,24). The second kappa shape index (κ2) is 7.47. The summed E-state index contributed by atoms with van der Waals surface area (Å²) in [4.78, 5) is 12.2. The topological polar surface area (TPSA) is 56.7 Å². The van der Waals surface area contributed by atoms with E-state index in [4.69, 9.17) is 11.6 Å². The lowest BCUT2D eigenvalue weighted by atomic mass is 9.91.